The van der Waals surface area contributed by atoms with Crippen molar-refractivity contribution in [2.75, 3.05) is 33.0 Å². The summed E-state index contributed by atoms with van der Waals surface area (Å²) < 4.78 is 29.3. The van der Waals surface area contributed by atoms with Gasteiger partial charge in [-0.25, -0.2) is 0 Å². The normalized spacial score (nSPS) is 11.8. The summed E-state index contributed by atoms with van der Waals surface area (Å²) in [5.74, 6) is 0.0584. The molecule has 1 aromatic carbocycles. The Balaban J connectivity index is 2.35. The zero-order chi connectivity index (χ0) is 24.4. The summed E-state index contributed by atoms with van der Waals surface area (Å²) in [7, 11) is -2.52. The van der Waals surface area contributed by atoms with E-state index in [0.717, 1.165) is 56.2 Å². The third-order valence-corrected chi connectivity index (χ3v) is 8.06. The first-order chi connectivity index (χ1) is 16.0. The van der Waals surface area contributed by atoms with Crippen LogP contribution in [0, 0.1) is 0 Å². The molecule has 0 aliphatic heterocycles. The standard InChI is InChI=1S/C25H42O7Si/c1-5-28-23-17-15-22(16-18-25(26)27)21-24(23)29-19-13-11-9-10-12-14-20-33(30-6-2,31-7-3)32-8-4/h15-18,21H,5-14,19-20H2,1-4H3,(H,26,27)/p-1/b18-16+. The molecular weight excluding hydrogens is 440 g/mol. The number of rotatable bonds is 20. The smallest absolute Gasteiger partial charge is 0.500 e. The molecule has 0 aliphatic carbocycles. The van der Waals surface area contributed by atoms with Gasteiger partial charge in [-0.1, -0.05) is 37.8 Å². The lowest BCUT2D eigenvalue weighted by Crippen LogP contribution is -2.45. The Labute approximate surface area is 200 Å². The van der Waals surface area contributed by atoms with E-state index < -0.39 is 14.8 Å². The van der Waals surface area contributed by atoms with Crippen molar-refractivity contribution in [3.05, 3.63) is 29.8 Å². The monoisotopic (exact) mass is 481 g/mol. The van der Waals surface area contributed by atoms with Crippen molar-refractivity contribution in [2.45, 2.75) is 72.3 Å². The summed E-state index contributed by atoms with van der Waals surface area (Å²) in [6.07, 6.45) is 8.99. The highest BCUT2D eigenvalue weighted by Crippen LogP contribution is 2.29. The Morgan fingerprint density at radius 1 is 0.818 bits per heavy atom. The highest BCUT2D eigenvalue weighted by atomic mass is 28.4. The molecule has 0 saturated heterocycles. The summed E-state index contributed by atoms with van der Waals surface area (Å²) in [6, 6.07) is 6.24. The molecule has 188 valence electrons. The second kappa shape index (κ2) is 17.6. The first kappa shape index (κ1) is 29.2. The molecule has 0 spiro atoms. The Kier molecular flexibility index (Phi) is 15.5. The average molecular weight is 482 g/mol. The number of carboxylic acids is 1. The van der Waals surface area contributed by atoms with E-state index in [9.17, 15) is 9.90 Å². The first-order valence-corrected chi connectivity index (χ1v) is 14.1. The minimum atomic E-state index is -2.52. The van der Waals surface area contributed by atoms with Crippen LogP contribution in [0.2, 0.25) is 6.04 Å². The molecule has 7 nitrogen and oxygen atoms in total. The van der Waals surface area contributed by atoms with Crippen LogP contribution in [0.3, 0.4) is 0 Å². The zero-order valence-corrected chi connectivity index (χ0v) is 21.7. The molecule has 1 aromatic rings. The van der Waals surface area contributed by atoms with Gasteiger partial charge < -0.3 is 32.7 Å². The Morgan fingerprint density at radius 3 is 2.00 bits per heavy atom. The SMILES string of the molecule is CCOc1ccc(/C=C/C(=O)[O-])cc1OCCCCCCCC[Si](OCC)(OCC)OCC. The van der Waals surface area contributed by atoms with E-state index >= 15 is 0 Å². The largest absolute Gasteiger partial charge is 0.545 e. The van der Waals surface area contributed by atoms with Gasteiger partial charge in [0.2, 0.25) is 0 Å². The van der Waals surface area contributed by atoms with E-state index in [0.29, 0.717) is 44.5 Å². The van der Waals surface area contributed by atoms with Crippen LogP contribution >= 0.6 is 0 Å². The fourth-order valence-electron chi connectivity index (χ4n) is 3.51. The van der Waals surface area contributed by atoms with E-state index in [1.165, 1.54) is 6.08 Å². The topological polar surface area (TPSA) is 86.3 Å². The van der Waals surface area contributed by atoms with E-state index in [1.807, 2.05) is 27.7 Å². The first-order valence-electron chi connectivity index (χ1n) is 12.2. The van der Waals surface area contributed by atoms with Crippen molar-refractivity contribution >= 4 is 20.8 Å². The van der Waals surface area contributed by atoms with Crippen LogP contribution in [0.25, 0.3) is 6.08 Å². The van der Waals surface area contributed by atoms with Gasteiger partial charge in [0.15, 0.2) is 11.5 Å². The van der Waals surface area contributed by atoms with Crippen LogP contribution in [0.15, 0.2) is 24.3 Å². The Bertz CT molecular complexity index is 676. The van der Waals surface area contributed by atoms with E-state index in [-0.39, 0.29) is 0 Å². The van der Waals surface area contributed by atoms with Gasteiger partial charge in [-0.05, 0) is 64.3 Å². The molecule has 0 radical (unpaired) electrons. The van der Waals surface area contributed by atoms with Crippen LogP contribution in [0.1, 0.15) is 71.8 Å². The molecule has 0 aromatic heterocycles. The maximum atomic E-state index is 10.6. The van der Waals surface area contributed by atoms with Gasteiger partial charge in [-0.3, -0.25) is 0 Å². The van der Waals surface area contributed by atoms with Gasteiger partial charge in [0.1, 0.15) is 0 Å². The number of carboxylic acid groups (broad SMARTS) is 1. The summed E-state index contributed by atoms with van der Waals surface area (Å²) in [5.41, 5.74) is 0.725. The second-order valence-corrected chi connectivity index (χ2v) is 10.2. The number of hydrogen-bond donors (Lipinski definition) is 0. The molecule has 0 amide bonds. The van der Waals surface area contributed by atoms with Crippen molar-refractivity contribution in [2.24, 2.45) is 0 Å². The van der Waals surface area contributed by atoms with Crippen LogP contribution < -0.4 is 14.6 Å². The van der Waals surface area contributed by atoms with Crippen LogP contribution in [-0.2, 0) is 18.1 Å². The van der Waals surface area contributed by atoms with Gasteiger partial charge in [0.05, 0.1) is 19.2 Å². The Hall–Kier alpha value is -1.87. The fraction of sp³-hybridized carbons (Fsp3) is 0.640. The molecule has 0 bridgehead atoms. The lowest BCUT2D eigenvalue weighted by atomic mass is 10.1. The third kappa shape index (κ3) is 12.2. The highest BCUT2D eigenvalue weighted by molar-refractivity contribution is 6.60. The van der Waals surface area contributed by atoms with Gasteiger partial charge in [0, 0.05) is 25.9 Å². The minimum Gasteiger partial charge on any atom is -0.545 e. The lowest BCUT2D eigenvalue weighted by Gasteiger charge is -2.28. The molecular formula is C25H41O7Si-. The average Bonchev–Trinajstić information content (AvgIpc) is 2.78. The maximum Gasteiger partial charge on any atom is 0.500 e. The minimum absolute atomic E-state index is 0.532. The van der Waals surface area contributed by atoms with Gasteiger partial charge in [-0.15, -0.1) is 0 Å². The molecule has 0 heterocycles. The molecule has 0 unspecified atom stereocenters. The van der Waals surface area contributed by atoms with Crippen molar-refractivity contribution in [3.8, 4) is 11.5 Å². The molecule has 33 heavy (non-hydrogen) atoms. The number of ether oxygens (including phenoxy) is 2. The maximum absolute atomic E-state index is 10.6. The molecule has 1 rings (SSSR count). The van der Waals surface area contributed by atoms with Crippen LogP contribution in [-0.4, -0.2) is 47.8 Å². The predicted octanol–water partition coefficient (Wildman–Crippen LogP) is 4.62. The van der Waals surface area contributed by atoms with Crippen LogP contribution in [0.5, 0.6) is 11.5 Å². The second-order valence-electron chi connectivity index (χ2n) is 7.49. The quantitative estimate of drug-likeness (QED) is 0.153. The molecule has 0 aliphatic rings. The fourth-order valence-corrected chi connectivity index (χ4v) is 6.20. The number of aliphatic carboxylic acids is 1. The summed E-state index contributed by atoms with van der Waals surface area (Å²) in [5, 5.41) is 10.6. The summed E-state index contributed by atoms with van der Waals surface area (Å²) in [4.78, 5) is 10.6. The lowest BCUT2D eigenvalue weighted by molar-refractivity contribution is -0.297. The molecule has 0 atom stereocenters. The molecule has 0 N–H and O–H groups in total. The molecule has 8 heteroatoms. The summed E-state index contributed by atoms with van der Waals surface area (Å²) >= 11 is 0. The van der Waals surface area contributed by atoms with E-state index in [4.69, 9.17) is 22.8 Å². The molecule has 0 fully saturated rings. The van der Waals surface area contributed by atoms with Gasteiger partial charge in [0.25, 0.3) is 0 Å². The number of carbonyl (C=O) groups excluding carboxylic acids is 1. The number of benzene rings is 1. The van der Waals surface area contributed by atoms with E-state index in [1.54, 1.807) is 18.2 Å². The van der Waals surface area contributed by atoms with Crippen molar-refractivity contribution < 1.29 is 32.7 Å². The van der Waals surface area contributed by atoms with Gasteiger partial charge >= 0.3 is 8.80 Å². The number of carbonyl (C=O) groups is 1. The number of unbranched alkanes of at least 4 members (excludes halogenated alkanes) is 5. The van der Waals surface area contributed by atoms with Crippen molar-refractivity contribution in [3.63, 3.8) is 0 Å². The van der Waals surface area contributed by atoms with E-state index in [2.05, 4.69) is 0 Å². The zero-order valence-electron chi connectivity index (χ0n) is 20.7. The summed E-state index contributed by atoms with van der Waals surface area (Å²) in [6.45, 7) is 10.8. The predicted molar refractivity (Wildman–Crippen MR) is 130 cm³/mol. The third-order valence-electron chi connectivity index (χ3n) is 4.91. The molecule has 0 saturated carbocycles. The highest BCUT2D eigenvalue weighted by Gasteiger charge is 2.39. The Morgan fingerprint density at radius 2 is 1.42 bits per heavy atom. The van der Waals surface area contributed by atoms with Crippen molar-refractivity contribution in [1.82, 2.24) is 0 Å². The van der Waals surface area contributed by atoms with Crippen molar-refractivity contribution in [1.29, 1.82) is 0 Å². The van der Waals surface area contributed by atoms with Crippen LogP contribution in [0.4, 0.5) is 0 Å². The number of hydrogen-bond acceptors (Lipinski definition) is 7. The van der Waals surface area contributed by atoms with Gasteiger partial charge in [-0.2, -0.15) is 0 Å².